The molecule has 0 heterocycles. The third kappa shape index (κ3) is 3.13. The predicted octanol–water partition coefficient (Wildman–Crippen LogP) is 3.06. The molecule has 4 saturated carbocycles. The fourth-order valence-electron chi connectivity index (χ4n) is 4.80. The Balaban J connectivity index is 1.46. The Bertz CT molecular complexity index is 697. The lowest BCUT2D eigenvalue weighted by molar-refractivity contribution is 0.108. The second-order valence-corrected chi connectivity index (χ2v) is 9.02. The number of sulfonamides is 1. The van der Waals surface area contributed by atoms with E-state index in [0.717, 1.165) is 17.5 Å². The number of nitrogens with one attached hydrogen (secondary N) is 1. The molecule has 4 fully saturated rings. The van der Waals surface area contributed by atoms with E-state index in [0.29, 0.717) is 17.4 Å². The Morgan fingerprint density at radius 1 is 1.00 bits per heavy atom. The van der Waals surface area contributed by atoms with Gasteiger partial charge >= 0.3 is 0 Å². The van der Waals surface area contributed by atoms with Crippen molar-refractivity contribution in [2.45, 2.75) is 37.9 Å². The van der Waals surface area contributed by atoms with Gasteiger partial charge in [0, 0.05) is 5.71 Å². The molecular formula is C17H21FN2O2S. The van der Waals surface area contributed by atoms with Crippen molar-refractivity contribution in [2.24, 2.45) is 28.8 Å². The minimum atomic E-state index is -3.54. The van der Waals surface area contributed by atoms with E-state index >= 15 is 0 Å². The summed E-state index contributed by atoms with van der Waals surface area (Å²) in [5.41, 5.74) is 1.63. The zero-order chi connectivity index (χ0) is 16.0. The zero-order valence-corrected chi connectivity index (χ0v) is 13.7. The van der Waals surface area contributed by atoms with Crippen LogP contribution in [0.25, 0.3) is 0 Å². The monoisotopic (exact) mass is 336 g/mol. The van der Waals surface area contributed by atoms with Crippen molar-refractivity contribution in [3.05, 3.63) is 35.6 Å². The maximum atomic E-state index is 12.9. The zero-order valence-electron chi connectivity index (χ0n) is 12.9. The van der Waals surface area contributed by atoms with E-state index in [-0.39, 0.29) is 11.6 Å². The molecule has 4 bridgehead atoms. The fraction of sp³-hybridized carbons (Fsp3) is 0.588. The summed E-state index contributed by atoms with van der Waals surface area (Å²) < 4.78 is 37.3. The van der Waals surface area contributed by atoms with Gasteiger partial charge in [0.1, 0.15) is 5.82 Å². The average molecular weight is 336 g/mol. The molecule has 0 unspecified atom stereocenters. The molecule has 0 amide bonds. The summed E-state index contributed by atoms with van der Waals surface area (Å²) >= 11 is 0. The first-order chi connectivity index (χ1) is 11.0. The van der Waals surface area contributed by atoms with Crippen LogP contribution in [0.15, 0.2) is 29.4 Å². The highest BCUT2D eigenvalue weighted by atomic mass is 32.2. The highest BCUT2D eigenvalue weighted by Gasteiger charge is 2.46. The largest absolute Gasteiger partial charge is 0.251 e. The van der Waals surface area contributed by atoms with Crippen molar-refractivity contribution >= 4 is 15.7 Å². The van der Waals surface area contributed by atoms with Crippen molar-refractivity contribution in [3.63, 3.8) is 0 Å². The van der Waals surface area contributed by atoms with Gasteiger partial charge in [0.25, 0.3) is 10.0 Å². The van der Waals surface area contributed by atoms with E-state index < -0.39 is 10.0 Å². The number of hydrogen-bond donors (Lipinski definition) is 1. The van der Waals surface area contributed by atoms with Gasteiger partial charge in [0.15, 0.2) is 0 Å². The van der Waals surface area contributed by atoms with Crippen LogP contribution in [0.3, 0.4) is 0 Å². The molecule has 1 aromatic carbocycles. The fourth-order valence-corrected chi connectivity index (χ4v) is 5.74. The molecule has 0 radical (unpaired) electrons. The molecule has 4 aliphatic carbocycles. The number of halogens is 1. The van der Waals surface area contributed by atoms with E-state index in [4.69, 9.17) is 0 Å². The lowest BCUT2D eigenvalue weighted by atomic mass is 9.55. The van der Waals surface area contributed by atoms with E-state index in [2.05, 4.69) is 9.93 Å². The number of rotatable bonds is 4. The summed E-state index contributed by atoms with van der Waals surface area (Å²) in [7, 11) is -3.54. The summed E-state index contributed by atoms with van der Waals surface area (Å²) in [4.78, 5) is 2.42. The van der Waals surface area contributed by atoms with Crippen molar-refractivity contribution in [1.82, 2.24) is 4.83 Å². The van der Waals surface area contributed by atoms with Gasteiger partial charge in [0.2, 0.25) is 0 Å². The average Bonchev–Trinajstić information content (AvgIpc) is 2.48. The lowest BCUT2D eigenvalue weighted by Gasteiger charge is -2.50. The van der Waals surface area contributed by atoms with Crippen LogP contribution >= 0.6 is 0 Å². The Morgan fingerprint density at radius 3 is 2.13 bits per heavy atom. The normalized spacial score (nSPS) is 32.1. The number of benzene rings is 1. The van der Waals surface area contributed by atoms with Crippen LogP contribution in [0, 0.1) is 29.5 Å². The summed E-state index contributed by atoms with van der Waals surface area (Å²) in [6.45, 7) is 0. The smallest absolute Gasteiger partial charge is 0.207 e. The SMILES string of the molecule is O=S(=O)(Cc1ccc(F)cc1)NN=C1C2CC3CC(C2)CC1C3. The maximum Gasteiger partial charge on any atom is 0.251 e. The topological polar surface area (TPSA) is 58.5 Å². The molecule has 0 saturated heterocycles. The van der Waals surface area contributed by atoms with E-state index in [1.807, 2.05) is 0 Å². The van der Waals surface area contributed by atoms with Gasteiger partial charge in [-0.25, -0.2) is 17.6 Å². The van der Waals surface area contributed by atoms with Crippen LogP contribution in [-0.4, -0.2) is 14.1 Å². The molecule has 0 aliphatic heterocycles. The minimum Gasteiger partial charge on any atom is -0.207 e. The first kappa shape index (κ1) is 15.1. The third-order valence-electron chi connectivity index (χ3n) is 5.56. The molecule has 5 rings (SSSR count). The van der Waals surface area contributed by atoms with Gasteiger partial charge in [-0.15, -0.1) is 0 Å². The lowest BCUT2D eigenvalue weighted by Crippen LogP contribution is -2.46. The number of hydrogen-bond acceptors (Lipinski definition) is 3. The van der Waals surface area contributed by atoms with Crippen LogP contribution < -0.4 is 4.83 Å². The van der Waals surface area contributed by atoms with Gasteiger partial charge in [-0.3, -0.25) is 0 Å². The van der Waals surface area contributed by atoms with Crippen LogP contribution in [0.5, 0.6) is 0 Å². The molecule has 0 spiro atoms. The molecular weight excluding hydrogens is 315 g/mol. The summed E-state index contributed by atoms with van der Waals surface area (Å²) in [5.74, 6) is 2.05. The van der Waals surface area contributed by atoms with E-state index in [9.17, 15) is 12.8 Å². The second-order valence-electron chi connectivity index (χ2n) is 7.32. The Labute approximate surface area is 136 Å². The minimum absolute atomic E-state index is 0.176. The molecule has 0 aromatic heterocycles. The van der Waals surface area contributed by atoms with Gasteiger partial charge in [-0.05, 0) is 73.5 Å². The van der Waals surface area contributed by atoms with Crippen LogP contribution in [0.1, 0.15) is 37.7 Å². The molecule has 6 heteroatoms. The molecule has 23 heavy (non-hydrogen) atoms. The van der Waals surface area contributed by atoms with Gasteiger partial charge in [-0.1, -0.05) is 12.1 Å². The molecule has 1 aromatic rings. The highest BCUT2D eigenvalue weighted by Crippen LogP contribution is 2.52. The third-order valence-corrected chi connectivity index (χ3v) is 6.64. The predicted molar refractivity (Wildman–Crippen MR) is 86.6 cm³/mol. The first-order valence-electron chi connectivity index (χ1n) is 8.30. The summed E-state index contributed by atoms with van der Waals surface area (Å²) in [6, 6.07) is 5.53. The Hall–Kier alpha value is -1.43. The molecule has 4 nitrogen and oxygen atoms in total. The highest BCUT2D eigenvalue weighted by molar-refractivity contribution is 7.88. The van der Waals surface area contributed by atoms with E-state index in [1.54, 1.807) is 0 Å². The van der Waals surface area contributed by atoms with Gasteiger partial charge < -0.3 is 0 Å². The van der Waals surface area contributed by atoms with Crippen molar-refractivity contribution < 1.29 is 12.8 Å². The van der Waals surface area contributed by atoms with Gasteiger partial charge in [0.05, 0.1) is 5.75 Å². The quantitative estimate of drug-likeness (QED) is 0.859. The van der Waals surface area contributed by atoms with Crippen molar-refractivity contribution in [1.29, 1.82) is 0 Å². The van der Waals surface area contributed by atoms with Crippen molar-refractivity contribution in [2.75, 3.05) is 0 Å². The van der Waals surface area contributed by atoms with Crippen molar-refractivity contribution in [3.8, 4) is 0 Å². The second kappa shape index (κ2) is 5.58. The number of nitrogens with zero attached hydrogens (tertiary/aromatic N) is 1. The van der Waals surface area contributed by atoms with E-state index in [1.165, 1.54) is 56.4 Å². The first-order valence-corrected chi connectivity index (χ1v) is 9.95. The maximum absolute atomic E-state index is 12.9. The summed E-state index contributed by atoms with van der Waals surface area (Å²) in [6.07, 6.45) is 6.05. The number of hydrazone groups is 1. The molecule has 124 valence electrons. The van der Waals surface area contributed by atoms with Crippen LogP contribution in [0.4, 0.5) is 4.39 Å². The molecule has 4 aliphatic rings. The summed E-state index contributed by atoms with van der Waals surface area (Å²) in [5, 5.41) is 4.31. The van der Waals surface area contributed by atoms with Crippen LogP contribution in [0.2, 0.25) is 0 Å². The van der Waals surface area contributed by atoms with Gasteiger partial charge in [-0.2, -0.15) is 5.10 Å². The van der Waals surface area contributed by atoms with Crippen LogP contribution in [-0.2, 0) is 15.8 Å². The molecule has 0 atom stereocenters. The molecule has 1 N–H and O–H groups in total. The Kier molecular flexibility index (Phi) is 3.67. The standard InChI is InChI=1S/C17H21FN2O2S/c18-16-3-1-11(2-4-16)10-23(21,22)20-19-17-14-6-12-5-13(8-14)9-15(17)7-12/h1-4,12-15,20H,5-10H2. The Morgan fingerprint density at radius 2 is 1.57 bits per heavy atom.